The molecule has 1 saturated heterocycles. The number of aromatic nitrogens is 3. The van der Waals surface area contributed by atoms with E-state index < -0.39 is 0 Å². The van der Waals surface area contributed by atoms with Crippen LogP contribution in [0.25, 0.3) is 11.1 Å². The molecule has 49 heavy (non-hydrogen) atoms. The van der Waals surface area contributed by atoms with Crippen LogP contribution in [0.15, 0.2) is 48.9 Å². The molecule has 0 spiro atoms. The number of carbonyl (C=O) groups is 2. The van der Waals surface area contributed by atoms with E-state index in [4.69, 9.17) is 19.2 Å². The summed E-state index contributed by atoms with van der Waals surface area (Å²) in [5.41, 5.74) is 3.70. The molecule has 6 rings (SSSR count). The van der Waals surface area contributed by atoms with Crippen LogP contribution in [0, 0.1) is 23.2 Å². The molecule has 11 nitrogen and oxygen atoms in total. The lowest BCUT2D eigenvalue weighted by atomic mass is 9.78. The molecule has 2 amide bonds. The lowest BCUT2D eigenvalue weighted by Gasteiger charge is -2.36. The number of hydrogen-bond donors (Lipinski definition) is 0. The van der Waals surface area contributed by atoms with Gasteiger partial charge in [-0.25, -0.2) is 9.78 Å². The molecule has 3 aliphatic rings. The van der Waals surface area contributed by atoms with Gasteiger partial charge in [0.25, 0.3) is 0 Å². The molecular weight excluding hydrogens is 620 g/mol. The lowest BCUT2D eigenvalue weighted by molar-refractivity contribution is -0.124. The van der Waals surface area contributed by atoms with Gasteiger partial charge < -0.3 is 19.1 Å². The molecule has 0 bridgehead atoms. The van der Waals surface area contributed by atoms with Gasteiger partial charge in [-0.2, -0.15) is 10.4 Å². The zero-order valence-corrected chi connectivity index (χ0v) is 28.9. The molecule has 260 valence electrons. The number of benzene rings is 1. The summed E-state index contributed by atoms with van der Waals surface area (Å²) in [4.78, 5) is 35.5. The van der Waals surface area contributed by atoms with Crippen molar-refractivity contribution in [2.24, 2.45) is 11.8 Å². The largest absolute Gasteiger partial charge is 0.495 e. The van der Waals surface area contributed by atoms with Crippen molar-refractivity contribution in [2.45, 2.75) is 83.3 Å². The molecule has 1 aromatic carbocycles. The first kappa shape index (κ1) is 34.4. The van der Waals surface area contributed by atoms with E-state index in [1.54, 1.807) is 18.2 Å². The fourth-order valence-electron chi connectivity index (χ4n) is 7.43. The number of hydrogen-bond acceptors (Lipinski definition) is 8. The van der Waals surface area contributed by atoms with Crippen molar-refractivity contribution in [2.75, 3.05) is 44.9 Å². The Morgan fingerprint density at radius 3 is 2.45 bits per heavy atom. The summed E-state index contributed by atoms with van der Waals surface area (Å²) in [7, 11) is 1.59. The molecule has 1 aliphatic heterocycles. The van der Waals surface area contributed by atoms with Crippen molar-refractivity contribution in [1.29, 1.82) is 5.26 Å². The zero-order chi connectivity index (χ0) is 34.3. The number of nitriles is 1. The van der Waals surface area contributed by atoms with Crippen molar-refractivity contribution < 1.29 is 23.8 Å². The van der Waals surface area contributed by atoms with Crippen LogP contribution in [0.1, 0.15) is 88.3 Å². The van der Waals surface area contributed by atoms with Crippen LogP contribution in [0.5, 0.6) is 5.75 Å². The van der Waals surface area contributed by atoms with Crippen LogP contribution in [-0.4, -0.2) is 77.7 Å². The van der Waals surface area contributed by atoms with E-state index in [2.05, 4.69) is 31.1 Å². The molecule has 3 aromatic rings. The fraction of sp³-hybridized carbons (Fsp3) is 0.553. The lowest BCUT2D eigenvalue weighted by Crippen LogP contribution is -2.44. The van der Waals surface area contributed by atoms with Gasteiger partial charge in [-0.15, -0.1) is 0 Å². The van der Waals surface area contributed by atoms with Gasteiger partial charge in [0, 0.05) is 49.6 Å². The summed E-state index contributed by atoms with van der Waals surface area (Å²) in [5, 5.41) is 14.1. The predicted molar refractivity (Wildman–Crippen MR) is 185 cm³/mol. The number of morpholine rings is 1. The summed E-state index contributed by atoms with van der Waals surface area (Å²) in [6, 6.07) is 12.4. The molecule has 2 saturated carbocycles. The number of carbonyl (C=O) groups excluding carboxylic acids is 2. The van der Waals surface area contributed by atoms with E-state index in [0.29, 0.717) is 87.5 Å². The topological polar surface area (TPSA) is 123 Å². The van der Waals surface area contributed by atoms with Crippen molar-refractivity contribution in [3.8, 4) is 22.9 Å². The van der Waals surface area contributed by atoms with E-state index in [0.717, 1.165) is 36.8 Å². The smallest absolute Gasteiger partial charge is 0.410 e. The Labute approximate surface area is 289 Å². The molecular formula is C38H48N6O5. The standard InChI is InChI=1S/C38H48N6O5/c1-26(2)44-25-33(23-41-44)31-14-15-40-36(21-31)43(24-27-4-6-28(7-5-27)30-10-13-35(47-3)32(20-30)22-39)37(45)29-8-11-34(12-9-29)49-38(46)42-16-18-48-19-17-42/h10,13-15,20-21,23,25-29,34H,4-9,11-12,16-19,24H2,1-3H3. The molecule has 0 radical (unpaired) electrons. The van der Waals surface area contributed by atoms with Crippen molar-refractivity contribution in [1.82, 2.24) is 19.7 Å². The summed E-state index contributed by atoms with van der Waals surface area (Å²) in [6.45, 7) is 6.97. The highest BCUT2D eigenvalue weighted by molar-refractivity contribution is 5.94. The van der Waals surface area contributed by atoms with Crippen LogP contribution in [0.3, 0.4) is 0 Å². The van der Waals surface area contributed by atoms with Gasteiger partial charge in [0.2, 0.25) is 5.91 Å². The Morgan fingerprint density at radius 1 is 1.02 bits per heavy atom. The number of ether oxygens (including phenoxy) is 3. The second-order valence-corrected chi connectivity index (χ2v) is 13.9. The third kappa shape index (κ3) is 8.24. The van der Waals surface area contributed by atoms with Crippen LogP contribution in [0.4, 0.5) is 10.6 Å². The maximum absolute atomic E-state index is 14.4. The number of methoxy groups -OCH3 is 1. The molecule has 2 aliphatic carbocycles. The van der Waals surface area contributed by atoms with Crippen LogP contribution in [-0.2, 0) is 14.3 Å². The second kappa shape index (κ2) is 15.9. The average molecular weight is 669 g/mol. The molecule has 0 atom stereocenters. The maximum Gasteiger partial charge on any atom is 0.410 e. The third-order valence-electron chi connectivity index (χ3n) is 10.4. The number of nitrogens with zero attached hydrogens (tertiary/aromatic N) is 6. The highest BCUT2D eigenvalue weighted by Crippen LogP contribution is 2.39. The average Bonchev–Trinajstić information content (AvgIpc) is 3.66. The summed E-state index contributed by atoms with van der Waals surface area (Å²) < 4.78 is 18.5. The first-order valence-electron chi connectivity index (χ1n) is 17.8. The summed E-state index contributed by atoms with van der Waals surface area (Å²) >= 11 is 0. The van der Waals surface area contributed by atoms with Crippen molar-refractivity contribution in [3.05, 3.63) is 60.0 Å². The highest BCUT2D eigenvalue weighted by atomic mass is 16.6. The van der Waals surface area contributed by atoms with Gasteiger partial charge in [0.15, 0.2) is 0 Å². The van der Waals surface area contributed by atoms with Gasteiger partial charge in [-0.05, 0) is 112 Å². The monoisotopic (exact) mass is 668 g/mol. The third-order valence-corrected chi connectivity index (χ3v) is 10.4. The number of amides is 2. The molecule has 3 fully saturated rings. The molecule has 0 unspecified atom stereocenters. The summed E-state index contributed by atoms with van der Waals surface area (Å²) in [6.07, 6.45) is 11.8. The predicted octanol–water partition coefficient (Wildman–Crippen LogP) is 6.74. The van der Waals surface area contributed by atoms with Crippen molar-refractivity contribution >= 4 is 17.8 Å². The minimum absolute atomic E-state index is 0.0939. The van der Waals surface area contributed by atoms with Gasteiger partial charge >= 0.3 is 6.09 Å². The van der Waals surface area contributed by atoms with Gasteiger partial charge in [0.05, 0.1) is 32.1 Å². The minimum atomic E-state index is -0.282. The van der Waals surface area contributed by atoms with E-state index in [1.165, 1.54) is 5.56 Å². The molecule has 2 aromatic heterocycles. The Kier molecular flexibility index (Phi) is 11.1. The fourth-order valence-corrected chi connectivity index (χ4v) is 7.43. The van der Waals surface area contributed by atoms with Crippen LogP contribution < -0.4 is 9.64 Å². The van der Waals surface area contributed by atoms with E-state index >= 15 is 0 Å². The Morgan fingerprint density at radius 2 is 1.78 bits per heavy atom. The Balaban J connectivity index is 1.15. The maximum atomic E-state index is 14.4. The molecule has 0 N–H and O–H groups in total. The van der Waals surface area contributed by atoms with Gasteiger partial charge in [-0.3, -0.25) is 14.4 Å². The van der Waals surface area contributed by atoms with Crippen LogP contribution in [0.2, 0.25) is 0 Å². The van der Waals surface area contributed by atoms with Gasteiger partial charge in [-0.1, -0.05) is 6.07 Å². The highest BCUT2D eigenvalue weighted by Gasteiger charge is 2.35. The molecule has 3 heterocycles. The zero-order valence-electron chi connectivity index (χ0n) is 28.9. The quantitative estimate of drug-likeness (QED) is 0.246. The number of anilines is 1. The number of pyridine rings is 1. The SMILES string of the molecule is COc1ccc(C2CCC(CN(C(=O)C3CCC(OC(=O)N4CCOCC4)CC3)c3cc(-c4cnn(C(C)C)c4)ccn3)CC2)cc1C#N. The Bertz CT molecular complexity index is 1630. The number of rotatable bonds is 9. The summed E-state index contributed by atoms with van der Waals surface area (Å²) in [5.74, 6) is 1.90. The minimum Gasteiger partial charge on any atom is -0.495 e. The van der Waals surface area contributed by atoms with Gasteiger partial charge in [0.1, 0.15) is 23.7 Å². The van der Waals surface area contributed by atoms with Crippen molar-refractivity contribution in [3.63, 3.8) is 0 Å². The van der Waals surface area contributed by atoms with E-state index in [1.807, 2.05) is 46.2 Å². The molecule has 11 heteroatoms. The van der Waals surface area contributed by atoms with Crippen LogP contribution >= 0.6 is 0 Å². The van der Waals surface area contributed by atoms with E-state index in [9.17, 15) is 14.9 Å². The second-order valence-electron chi connectivity index (χ2n) is 13.9. The normalized spacial score (nSPS) is 22.7. The first-order chi connectivity index (χ1) is 23.8. The first-order valence-corrected chi connectivity index (χ1v) is 17.8. The Hall–Kier alpha value is -4.43. The van der Waals surface area contributed by atoms with E-state index in [-0.39, 0.29) is 30.1 Å².